The Balaban J connectivity index is 1.44. The molecule has 8 nitrogen and oxygen atoms in total. The molecule has 1 unspecified atom stereocenters. The maximum absolute atomic E-state index is 13.4. The molecule has 3 aromatic rings. The first-order valence-corrected chi connectivity index (χ1v) is 11.6. The number of nitrogen functional groups attached to an aromatic ring is 1. The third kappa shape index (κ3) is 6.00. The van der Waals surface area contributed by atoms with Crippen molar-refractivity contribution in [3.63, 3.8) is 0 Å². The molecule has 196 valence electrons. The van der Waals surface area contributed by atoms with Gasteiger partial charge in [-0.3, -0.25) is 9.59 Å². The number of nitrogens with one attached hydrogen (secondary N) is 3. The lowest BCUT2D eigenvalue weighted by molar-refractivity contribution is -0.199. The van der Waals surface area contributed by atoms with Crippen molar-refractivity contribution in [2.75, 3.05) is 21.7 Å². The van der Waals surface area contributed by atoms with E-state index in [1.165, 1.54) is 30.6 Å². The van der Waals surface area contributed by atoms with Crippen LogP contribution in [0.15, 0.2) is 78.7 Å². The molecule has 0 saturated heterocycles. The second-order valence-corrected chi connectivity index (χ2v) is 9.11. The number of aromatic nitrogens is 2. The molecule has 0 spiro atoms. The van der Waals surface area contributed by atoms with Gasteiger partial charge in [0.1, 0.15) is 0 Å². The Hall–Kier alpha value is -4.67. The summed E-state index contributed by atoms with van der Waals surface area (Å²) in [5, 5.41) is 8.28. The van der Waals surface area contributed by atoms with Crippen LogP contribution >= 0.6 is 0 Å². The van der Waals surface area contributed by atoms with Crippen LogP contribution in [0.2, 0.25) is 0 Å². The van der Waals surface area contributed by atoms with Crippen molar-refractivity contribution in [2.24, 2.45) is 5.41 Å². The zero-order valence-electron chi connectivity index (χ0n) is 20.6. The molecular weight excluding hydrogens is 497 g/mol. The molecule has 0 saturated carbocycles. The summed E-state index contributed by atoms with van der Waals surface area (Å²) in [6, 6.07) is 11.7. The van der Waals surface area contributed by atoms with Crippen LogP contribution in [0.3, 0.4) is 0 Å². The Kier molecular flexibility index (Phi) is 7.20. The summed E-state index contributed by atoms with van der Waals surface area (Å²) in [6.45, 7) is 2.76. The quantitative estimate of drug-likeness (QED) is 0.306. The number of aryl methyl sites for hydroxylation is 1. The molecule has 11 heteroatoms. The summed E-state index contributed by atoms with van der Waals surface area (Å²) in [7, 11) is 0. The van der Waals surface area contributed by atoms with Gasteiger partial charge >= 0.3 is 6.18 Å². The number of carbonyl (C=O) groups is 2. The second-order valence-electron chi connectivity index (χ2n) is 9.11. The Labute approximate surface area is 216 Å². The van der Waals surface area contributed by atoms with Gasteiger partial charge in [-0.15, -0.1) is 0 Å². The molecule has 5 N–H and O–H groups in total. The van der Waals surface area contributed by atoms with Crippen LogP contribution in [0.4, 0.5) is 41.9 Å². The minimum atomic E-state index is -4.49. The number of hydrogen-bond donors (Lipinski definition) is 4. The Morgan fingerprint density at radius 2 is 1.68 bits per heavy atom. The molecule has 0 bridgehead atoms. The fourth-order valence-corrected chi connectivity index (χ4v) is 3.77. The van der Waals surface area contributed by atoms with Gasteiger partial charge in [0.05, 0.1) is 23.5 Å². The van der Waals surface area contributed by atoms with Gasteiger partial charge in [0.2, 0.25) is 5.95 Å². The van der Waals surface area contributed by atoms with E-state index in [9.17, 15) is 22.8 Å². The van der Waals surface area contributed by atoms with E-state index in [1.807, 2.05) is 0 Å². The molecule has 4 rings (SSSR count). The zero-order chi connectivity index (χ0) is 27.5. The predicted molar refractivity (Wildman–Crippen MR) is 140 cm³/mol. The average Bonchev–Trinajstić information content (AvgIpc) is 2.86. The maximum atomic E-state index is 13.4. The lowest BCUT2D eigenvalue weighted by atomic mass is 9.80. The third-order valence-electron chi connectivity index (χ3n) is 6.02. The monoisotopic (exact) mass is 522 g/mol. The van der Waals surface area contributed by atoms with Crippen LogP contribution in [0.25, 0.3) is 0 Å². The summed E-state index contributed by atoms with van der Waals surface area (Å²) < 4.78 is 40.3. The molecule has 1 aromatic heterocycles. The van der Waals surface area contributed by atoms with Crippen LogP contribution in [0.5, 0.6) is 0 Å². The van der Waals surface area contributed by atoms with Crippen LogP contribution in [-0.4, -0.2) is 28.0 Å². The van der Waals surface area contributed by atoms with E-state index < -0.39 is 23.4 Å². The number of amides is 2. The van der Waals surface area contributed by atoms with E-state index in [-0.39, 0.29) is 23.2 Å². The van der Waals surface area contributed by atoms with Crippen molar-refractivity contribution < 1.29 is 22.8 Å². The Morgan fingerprint density at radius 1 is 0.974 bits per heavy atom. The Bertz CT molecular complexity index is 1430. The number of benzene rings is 2. The standard InChI is InChI=1S/C27H25F3N6O2/c1-16-8-9-20(34-23(37)17-5-4-10-26(2,13-17)27(28,29)30)12-22(16)24(38)35-21-14-32-25(33-15-21)36-19-7-3-6-18(31)11-19/h3-9,11-15H,10,31H2,1-2H3,(H,34,37)(H,35,38)(H,32,33,36). The first-order chi connectivity index (χ1) is 17.9. The number of hydrogen-bond acceptors (Lipinski definition) is 6. The highest BCUT2D eigenvalue weighted by atomic mass is 19.4. The van der Waals surface area contributed by atoms with Gasteiger partial charge in [0.15, 0.2) is 0 Å². The maximum Gasteiger partial charge on any atom is 0.397 e. The molecule has 0 aliphatic heterocycles. The van der Waals surface area contributed by atoms with E-state index in [0.717, 1.165) is 13.0 Å². The van der Waals surface area contributed by atoms with Gasteiger partial charge in [0, 0.05) is 28.2 Å². The van der Waals surface area contributed by atoms with Gasteiger partial charge in [-0.05, 0) is 56.2 Å². The first kappa shape index (κ1) is 26.4. The van der Waals surface area contributed by atoms with Gasteiger partial charge in [-0.2, -0.15) is 13.2 Å². The average molecular weight is 523 g/mol. The molecule has 1 aliphatic rings. The van der Waals surface area contributed by atoms with Crippen molar-refractivity contribution in [3.05, 3.63) is 89.8 Å². The molecule has 1 heterocycles. The zero-order valence-corrected chi connectivity index (χ0v) is 20.6. The highest BCUT2D eigenvalue weighted by Gasteiger charge is 2.49. The van der Waals surface area contributed by atoms with Crippen molar-refractivity contribution in [3.8, 4) is 0 Å². The first-order valence-electron chi connectivity index (χ1n) is 11.6. The highest BCUT2D eigenvalue weighted by Crippen LogP contribution is 2.45. The summed E-state index contributed by atoms with van der Waals surface area (Å²) in [5.41, 5.74) is 6.31. The number of alkyl halides is 3. The minimum absolute atomic E-state index is 0.105. The minimum Gasteiger partial charge on any atom is -0.399 e. The van der Waals surface area contributed by atoms with E-state index in [0.29, 0.717) is 28.6 Å². The lowest BCUT2D eigenvalue weighted by Gasteiger charge is -2.30. The summed E-state index contributed by atoms with van der Waals surface area (Å²) in [4.78, 5) is 34.0. The molecule has 0 radical (unpaired) electrons. The second kappa shape index (κ2) is 10.4. The fraction of sp³-hybridized carbons (Fsp3) is 0.185. The topological polar surface area (TPSA) is 122 Å². The SMILES string of the molecule is Cc1ccc(NC(=O)C2=CC(C)(C(F)(F)F)CC=C2)cc1C(=O)Nc1cnc(Nc2cccc(N)c2)nc1. The third-order valence-corrected chi connectivity index (χ3v) is 6.02. The molecule has 2 aromatic carbocycles. The van der Waals surface area contributed by atoms with Gasteiger partial charge < -0.3 is 21.7 Å². The lowest BCUT2D eigenvalue weighted by Crippen LogP contribution is -2.35. The van der Waals surface area contributed by atoms with E-state index in [1.54, 1.807) is 43.3 Å². The summed E-state index contributed by atoms with van der Waals surface area (Å²) in [6.07, 6.45) is 1.73. The van der Waals surface area contributed by atoms with Gasteiger partial charge in [-0.25, -0.2) is 9.97 Å². The fourth-order valence-electron chi connectivity index (χ4n) is 3.77. The summed E-state index contributed by atoms with van der Waals surface area (Å²) >= 11 is 0. The van der Waals surface area contributed by atoms with Crippen molar-refractivity contribution in [1.82, 2.24) is 9.97 Å². The molecular formula is C27H25F3N6O2. The number of anilines is 5. The van der Waals surface area contributed by atoms with E-state index in [2.05, 4.69) is 25.9 Å². The predicted octanol–water partition coefficient (Wildman–Crippen LogP) is 5.76. The number of rotatable bonds is 6. The largest absolute Gasteiger partial charge is 0.399 e. The van der Waals surface area contributed by atoms with Crippen LogP contribution < -0.4 is 21.7 Å². The van der Waals surface area contributed by atoms with Crippen LogP contribution in [0, 0.1) is 12.3 Å². The van der Waals surface area contributed by atoms with Crippen molar-refractivity contribution >= 4 is 40.5 Å². The molecule has 0 fully saturated rings. The highest BCUT2D eigenvalue weighted by molar-refractivity contribution is 6.08. The Morgan fingerprint density at radius 3 is 2.37 bits per heavy atom. The molecule has 38 heavy (non-hydrogen) atoms. The van der Waals surface area contributed by atoms with E-state index in [4.69, 9.17) is 5.73 Å². The normalized spacial score (nSPS) is 16.9. The molecule has 2 amide bonds. The van der Waals surface area contributed by atoms with Crippen LogP contribution in [0.1, 0.15) is 29.3 Å². The smallest absolute Gasteiger partial charge is 0.397 e. The van der Waals surface area contributed by atoms with Crippen molar-refractivity contribution in [1.29, 1.82) is 0 Å². The number of allylic oxidation sites excluding steroid dienone is 2. The van der Waals surface area contributed by atoms with Gasteiger partial charge in [0.25, 0.3) is 11.8 Å². The van der Waals surface area contributed by atoms with Crippen LogP contribution in [-0.2, 0) is 4.79 Å². The molecule has 1 atom stereocenters. The number of nitrogens with two attached hydrogens (primary N) is 1. The number of halogens is 3. The van der Waals surface area contributed by atoms with Crippen molar-refractivity contribution in [2.45, 2.75) is 26.4 Å². The number of carbonyl (C=O) groups excluding carboxylic acids is 2. The van der Waals surface area contributed by atoms with E-state index >= 15 is 0 Å². The summed E-state index contributed by atoms with van der Waals surface area (Å²) in [5.74, 6) is -0.870. The van der Waals surface area contributed by atoms with Gasteiger partial charge in [-0.1, -0.05) is 30.4 Å². The number of nitrogens with zero attached hydrogens (tertiary/aromatic N) is 2. The molecule has 1 aliphatic carbocycles.